The standard InChI is InChI=1S/C18H27N5O2/c1-5-17(21-16-8-10-19-13(16)2)22-18(24)20-15-7-6-11-23(12-9-15)14(3)25-4/h5,8,10,15,19H,1,3,6-7,9,11-12H2,2,4H3,(H2,20,21,22,24). The average molecular weight is 345 g/mol. The Morgan fingerprint density at radius 3 is 2.92 bits per heavy atom. The fourth-order valence-corrected chi connectivity index (χ4v) is 2.78. The quantitative estimate of drug-likeness (QED) is 0.436. The van der Waals surface area contributed by atoms with E-state index in [-0.39, 0.29) is 12.1 Å². The zero-order valence-corrected chi connectivity index (χ0v) is 15.0. The second-order valence-corrected chi connectivity index (χ2v) is 6.00. The number of aromatic amines is 1. The van der Waals surface area contributed by atoms with Gasteiger partial charge in [0, 0.05) is 31.0 Å². The van der Waals surface area contributed by atoms with E-state index < -0.39 is 0 Å². The van der Waals surface area contributed by atoms with E-state index in [0.29, 0.717) is 11.7 Å². The van der Waals surface area contributed by atoms with Crippen molar-refractivity contribution in [2.45, 2.75) is 32.2 Å². The first-order valence-corrected chi connectivity index (χ1v) is 8.44. The van der Waals surface area contributed by atoms with Gasteiger partial charge in [0.25, 0.3) is 0 Å². The van der Waals surface area contributed by atoms with Gasteiger partial charge in [-0.15, -0.1) is 0 Å². The molecule has 2 heterocycles. The summed E-state index contributed by atoms with van der Waals surface area (Å²) in [4.78, 5) is 21.8. The fourth-order valence-electron chi connectivity index (χ4n) is 2.78. The molecule has 0 spiro atoms. The largest absolute Gasteiger partial charge is 0.483 e. The second-order valence-electron chi connectivity index (χ2n) is 6.00. The predicted molar refractivity (Wildman–Crippen MR) is 99.9 cm³/mol. The molecule has 1 aliphatic rings. The van der Waals surface area contributed by atoms with Gasteiger partial charge >= 0.3 is 6.03 Å². The van der Waals surface area contributed by atoms with Crippen LogP contribution >= 0.6 is 0 Å². The third kappa shape index (κ3) is 5.41. The smallest absolute Gasteiger partial charge is 0.320 e. The van der Waals surface area contributed by atoms with Crippen LogP contribution in [0.1, 0.15) is 25.0 Å². The molecule has 7 heteroatoms. The molecular weight excluding hydrogens is 318 g/mol. The number of carbonyl (C=O) groups is 1. The third-order valence-electron chi connectivity index (χ3n) is 4.25. The van der Waals surface area contributed by atoms with Gasteiger partial charge in [-0.25, -0.2) is 9.79 Å². The number of aliphatic imine (C=N–C) groups is 1. The van der Waals surface area contributed by atoms with E-state index in [1.807, 2.05) is 13.0 Å². The van der Waals surface area contributed by atoms with Crippen molar-refractivity contribution in [3.05, 3.63) is 43.1 Å². The van der Waals surface area contributed by atoms with Crippen LogP contribution in [0, 0.1) is 6.92 Å². The Bertz CT molecular complexity index is 650. The lowest BCUT2D eigenvalue weighted by Crippen LogP contribution is -2.44. The fraction of sp³-hybridized carbons (Fsp3) is 0.444. The molecule has 3 N–H and O–H groups in total. The van der Waals surface area contributed by atoms with Gasteiger partial charge in [0.15, 0.2) is 5.88 Å². The molecule has 0 aromatic carbocycles. The zero-order chi connectivity index (χ0) is 18.2. The Morgan fingerprint density at radius 2 is 2.28 bits per heavy atom. The number of urea groups is 1. The minimum absolute atomic E-state index is 0.106. The lowest BCUT2D eigenvalue weighted by Gasteiger charge is -2.23. The molecule has 1 aliphatic heterocycles. The van der Waals surface area contributed by atoms with Crippen LogP contribution in [0.3, 0.4) is 0 Å². The van der Waals surface area contributed by atoms with Crippen molar-refractivity contribution in [1.29, 1.82) is 0 Å². The molecule has 1 fully saturated rings. The number of methoxy groups -OCH3 is 1. The van der Waals surface area contributed by atoms with Gasteiger partial charge in [-0.05, 0) is 44.9 Å². The summed E-state index contributed by atoms with van der Waals surface area (Å²) in [6.07, 6.45) is 6.06. The second kappa shape index (κ2) is 8.96. The number of hydrogen-bond donors (Lipinski definition) is 3. The molecule has 1 atom stereocenters. The van der Waals surface area contributed by atoms with Crippen molar-refractivity contribution in [2.24, 2.45) is 4.99 Å². The highest BCUT2D eigenvalue weighted by molar-refractivity contribution is 6.04. The molecule has 0 bridgehead atoms. The minimum atomic E-state index is -0.268. The molecule has 2 rings (SSSR count). The summed E-state index contributed by atoms with van der Waals surface area (Å²) in [6.45, 7) is 11.2. The van der Waals surface area contributed by atoms with Crippen molar-refractivity contribution in [3.63, 3.8) is 0 Å². The van der Waals surface area contributed by atoms with Crippen LogP contribution in [-0.4, -0.2) is 48.0 Å². The summed E-state index contributed by atoms with van der Waals surface area (Å²) in [5.41, 5.74) is 1.71. The first-order valence-electron chi connectivity index (χ1n) is 8.44. The number of aryl methyl sites for hydroxylation is 1. The van der Waals surface area contributed by atoms with E-state index in [4.69, 9.17) is 4.74 Å². The number of likely N-dealkylation sites (tertiary alicyclic amines) is 1. The molecule has 7 nitrogen and oxygen atoms in total. The maximum absolute atomic E-state index is 12.3. The molecule has 1 unspecified atom stereocenters. The maximum atomic E-state index is 12.3. The van der Waals surface area contributed by atoms with Gasteiger partial charge in [-0.3, -0.25) is 5.32 Å². The summed E-state index contributed by atoms with van der Waals surface area (Å²) in [6, 6.07) is 1.69. The number of amidine groups is 1. The average Bonchev–Trinajstić information content (AvgIpc) is 2.86. The molecule has 0 aliphatic carbocycles. The van der Waals surface area contributed by atoms with Crippen LogP contribution in [0.15, 0.2) is 42.4 Å². The van der Waals surface area contributed by atoms with E-state index in [1.165, 1.54) is 6.08 Å². The number of H-pyrrole nitrogens is 1. The zero-order valence-electron chi connectivity index (χ0n) is 15.0. The number of hydrogen-bond acceptors (Lipinski definition) is 4. The lowest BCUT2D eigenvalue weighted by atomic mass is 10.1. The molecule has 0 radical (unpaired) electrons. The van der Waals surface area contributed by atoms with Crippen molar-refractivity contribution in [1.82, 2.24) is 20.5 Å². The van der Waals surface area contributed by atoms with E-state index >= 15 is 0 Å². The summed E-state index contributed by atoms with van der Waals surface area (Å²) in [7, 11) is 1.62. The Hall–Kier alpha value is -2.70. The SMILES string of the molecule is C=CC(=Nc1cc[nH]c1C)NC(=O)NC1CCCN(C(=C)OC)CC1. The van der Waals surface area contributed by atoms with Crippen LogP contribution in [0.4, 0.5) is 10.5 Å². The minimum Gasteiger partial charge on any atom is -0.483 e. The number of aromatic nitrogens is 1. The molecule has 1 aromatic heterocycles. The topological polar surface area (TPSA) is 81.8 Å². The van der Waals surface area contributed by atoms with Gasteiger partial charge in [-0.2, -0.15) is 0 Å². The molecule has 2 amide bonds. The molecule has 1 aromatic rings. The predicted octanol–water partition coefficient (Wildman–Crippen LogP) is 2.81. The van der Waals surface area contributed by atoms with Gasteiger partial charge in [0.05, 0.1) is 12.8 Å². The van der Waals surface area contributed by atoms with Crippen LogP contribution < -0.4 is 10.6 Å². The third-order valence-corrected chi connectivity index (χ3v) is 4.25. The number of nitrogens with one attached hydrogen (secondary N) is 3. The molecule has 0 saturated carbocycles. The highest BCUT2D eigenvalue weighted by Crippen LogP contribution is 2.16. The van der Waals surface area contributed by atoms with Crippen LogP contribution in [0.25, 0.3) is 0 Å². The van der Waals surface area contributed by atoms with Gasteiger partial charge in [0.1, 0.15) is 5.84 Å². The Morgan fingerprint density at radius 1 is 1.48 bits per heavy atom. The van der Waals surface area contributed by atoms with Gasteiger partial charge in [-0.1, -0.05) is 6.58 Å². The van der Waals surface area contributed by atoms with Crippen LogP contribution in [0.2, 0.25) is 0 Å². The summed E-state index contributed by atoms with van der Waals surface area (Å²) in [5.74, 6) is 1.09. The van der Waals surface area contributed by atoms with Gasteiger partial charge < -0.3 is 19.9 Å². The highest BCUT2D eigenvalue weighted by atomic mass is 16.5. The number of amides is 2. The molecule has 25 heavy (non-hydrogen) atoms. The van der Waals surface area contributed by atoms with Crippen LogP contribution in [-0.2, 0) is 4.74 Å². The van der Waals surface area contributed by atoms with Crippen LogP contribution in [0.5, 0.6) is 0 Å². The first-order chi connectivity index (χ1) is 12.0. The van der Waals surface area contributed by atoms with E-state index in [2.05, 4.69) is 38.7 Å². The first kappa shape index (κ1) is 18.6. The normalized spacial score (nSPS) is 18.2. The van der Waals surface area contributed by atoms with Crippen molar-refractivity contribution in [3.8, 4) is 0 Å². The molecule has 1 saturated heterocycles. The van der Waals surface area contributed by atoms with E-state index in [0.717, 1.165) is 43.7 Å². The molecular formula is C18H27N5O2. The Balaban J connectivity index is 1.89. The Kier molecular flexibility index (Phi) is 6.68. The number of ether oxygens (including phenoxy) is 1. The number of nitrogens with zero attached hydrogens (tertiary/aromatic N) is 2. The highest BCUT2D eigenvalue weighted by Gasteiger charge is 2.19. The number of rotatable bonds is 5. The van der Waals surface area contributed by atoms with E-state index in [1.54, 1.807) is 13.3 Å². The summed E-state index contributed by atoms with van der Waals surface area (Å²) in [5, 5.41) is 5.77. The molecule has 136 valence electrons. The van der Waals surface area contributed by atoms with E-state index in [9.17, 15) is 4.79 Å². The summed E-state index contributed by atoms with van der Waals surface area (Å²) < 4.78 is 5.19. The van der Waals surface area contributed by atoms with Crippen molar-refractivity contribution < 1.29 is 9.53 Å². The van der Waals surface area contributed by atoms with Crippen molar-refractivity contribution >= 4 is 17.6 Å². The van der Waals surface area contributed by atoms with Gasteiger partial charge in [0.2, 0.25) is 0 Å². The Labute approximate surface area is 148 Å². The monoisotopic (exact) mass is 345 g/mol. The summed E-state index contributed by atoms with van der Waals surface area (Å²) >= 11 is 0. The van der Waals surface area contributed by atoms with Crippen molar-refractivity contribution in [2.75, 3.05) is 20.2 Å². The maximum Gasteiger partial charge on any atom is 0.320 e. The number of carbonyl (C=O) groups excluding carboxylic acids is 1. The lowest BCUT2D eigenvalue weighted by molar-refractivity contribution is 0.157.